The van der Waals surface area contributed by atoms with Gasteiger partial charge in [-0.2, -0.15) is 0 Å². The molecule has 0 fully saturated rings. The van der Waals surface area contributed by atoms with Crippen LogP contribution in [-0.2, 0) is 16.1 Å². The summed E-state index contributed by atoms with van der Waals surface area (Å²) in [5.74, 6) is 0.100. The van der Waals surface area contributed by atoms with Gasteiger partial charge in [-0.05, 0) is 65.0 Å². The highest BCUT2D eigenvalue weighted by Gasteiger charge is 2.26. The molecular weight excluding hydrogens is 370 g/mol. The Labute approximate surface area is 184 Å². The molecule has 0 heterocycles. The van der Waals surface area contributed by atoms with Crippen molar-refractivity contribution in [3.8, 4) is 0 Å². The normalized spacial score (nSPS) is 13.3. The number of hydrogen-bond acceptors (Lipinski definition) is 2. The highest BCUT2D eigenvalue weighted by atomic mass is 16.5. The van der Waals surface area contributed by atoms with Gasteiger partial charge in [0.2, 0.25) is 0 Å². The van der Waals surface area contributed by atoms with Crippen molar-refractivity contribution in [1.82, 2.24) is 0 Å². The Morgan fingerprint density at radius 3 is 2.13 bits per heavy atom. The second-order valence-electron chi connectivity index (χ2n) is 8.79. The smallest absolute Gasteiger partial charge is 0.365 e. The summed E-state index contributed by atoms with van der Waals surface area (Å²) in [5, 5.41) is 2.10. The van der Waals surface area contributed by atoms with Crippen LogP contribution in [0.1, 0.15) is 72.8 Å². The molecule has 0 aliphatic heterocycles. The number of rotatable bonds is 13. The van der Waals surface area contributed by atoms with E-state index < -0.39 is 0 Å². The van der Waals surface area contributed by atoms with Crippen molar-refractivity contribution in [1.29, 1.82) is 0 Å². The molecule has 1 atom stereocenters. The zero-order chi connectivity index (χ0) is 22.4. The summed E-state index contributed by atoms with van der Waals surface area (Å²) in [4.78, 5) is 12.5. The Morgan fingerprint density at radius 2 is 1.53 bits per heavy atom. The summed E-state index contributed by atoms with van der Waals surface area (Å²) in [5.41, 5.74) is 5.25. The second-order valence-corrected chi connectivity index (χ2v) is 8.79. The molecule has 0 saturated carbocycles. The maximum atomic E-state index is 12.5. The Bertz CT molecular complexity index is 710. The van der Waals surface area contributed by atoms with E-state index in [1.54, 1.807) is 0 Å². The van der Waals surface area contributed by atoms with Gasteiger partial charge in [0.05, 0.1) is 6.54 Å². The van der Waals surface area contributed by atoms with Crippen LogP contribution in [0.3, 0.4) is 0 Å². The summed E-state index contributed by atoms with van der Waals surface area (Å²) in [6.45, 7) is 14.0. The molecule has 0 unspecified atom stereocenters. The lowest BCUT2D eigenvalue weighted by molar-refractivity contribution is -0.675. The van der Waals surface area contributed by atoms with Crippen LogP contribution in [0.25, 0.3) is 0 Å². The number of quaternary nitrogens is 1. The molecule has 0 radical (unpaired) electrons. The minimum absolute atomic E-state index is 0.130. The summed E-state index contributed by atoms with van der Waals surface area (Å²) < 4.78 is 5.54. The van der Waals surface area contributed by atoms with Crippen molar-refractivity contribution < 1.29 is 14.8 Å². The lowest BCUT2D eigenvalue weighted by Gasteiger charge is -2.17. The topological polar surface area (TPSA) is 42.9 Å². The first-order chi connectivity index (χ1) is 14.3. The monoisotopic (exact) mass is 412 g/mol. The van der Waals surface area contributed by atoms with Crippen LogP contribution < -0.4 is 5.32 Å². The lowest BCUT2D eigenvalue weighted by atomic mass is 10.0. The van der Waals surface area contributed by atoms with Gasteiger partial charge in [0.15, 0.2) is 6.04 Å². The number of ether oxygens (including phenoxy) is 1. The van der Waals surface area contributed by atoms with Crippen molar-refractivity contribution in [2.75, 3.05) is 6.54 Å². The molecule has 0 spiro atoms. The lowest BCUT2D eigenvalue weighted by Crippen LogP contribution is -2.93. The van der Waals surface area contributed by atoms with Crippen LogP contribution in [0.4, 0.5) is 0 Å². The quantitative estimate of drug-likeness (QED) is 0.332. The fourth-order valence-electron chi connectivity index (χ4n) is 3.22. The van der Waals surface area contributed by atoms with E-state index >= 15 is 0 Å². The summed E-state index contributed by atoms with van der Waals surface area (Å²) in [7, 11) is 0. The second kappa shape index (κ2) is 14.8. The molecule has 0 saturated heterocycles. The molecule has 166 valence electrons. The Hall–Kier alpha value is -2.13. The van der Waals surface area contributed by atoms with Gasteiger partial charge in [-0.15, -0.1) is 0 Å². The number of carbonyl (C=O) groups is 1. The van der Waals surface area contributed by atoms with Gasteiger partial charge in [-0.3, -0.25) is 0 Å². The van der Waals surface area contributed by atoms with E-state index in [-0.39, 0.29) is 17.9 Å². The van der Waals surface area contributed by atoms with E-state index in [1.807, 2.05) is 30.3 Å². The van der Waals surface area contributed by atoms with Crippen LogP contribution in [0.15, 0.2) is 65.3 Å². The maximum Gasteiger partial charge on any atom is 0.365 e. The largest absolute Gasteiger partial charge is 0.456 e. The Balaban J connectivity index is 2.39. The molecule has 0 bridgehead atoms. The van der Waals surface area contributed by atoms with Crippen molar-refractivity contribution >= 4 is 5.97 Å². The number of nitrogens with two attached hydrogens (primary N) is 1. The minimum Gasteiger partial charge on any atom is -0.456 e. The summed E-state index contributed by atoms with van der Waals surface area (Å²) in [6, 6.07) is 9.67. The molecule has 0 aliphatic carbocycles. The molecule has 1 rings (SSSR count). The van der Waals surface area contributed by atoms with Gasteiger partial charge >= 0.3 is 5.97 Å². The van der Waals surface area contributed by atoms with E-state index in [9.17, 15) is 4.79 Å². The van der Waals surface area contributed by atoms with Gasteiger partial charge in [-0.1, -0.05) is 73.1 Å². The molecule has 0 aliphatic rings. The predicted octanol–water partition coefficient (Wildman–Crippen LogP) is 5.74. The van der Waals surface area contributed by atoms with E-state index in [1.165, 1.54) is 16.7 Å². The number of hydrogen-bond donors (Lipinski definition) is 1. The van der Waals surface area contributed by atoms with Crippen LogP contribution in [0.5, 0.6) is 0 Å². The number of allylic oxidation sites excluding steroid dienone is 5. The molecule has 3 nitrogen and oxygen atoms in total. The van der Waals surface area contributed by atoms with Crippen LogP contribution >= 0.6 is 0 Å². The van der Waals surface area contributed by atoms with E-state index in [2.05, 4.69) is 65.1 Å². The Kier molecular flexibility index (Phi) is 12.8. The van der Waals surface area contributed by atoms with Crippen molar-refractivity contribution in [2.24, 2.45) is 5.92 Å². The van der Waals surface area contributed by atoms with E-state index in [0.717, 1.165) is 37.8 Å². The number of esters is 1. The third-order valence-corrected chi connectivity index (χ3v) is 5.19. The van der Waals surface area contributed by atoms with Crippen molar-refractivity contribution in [2.45, 2.75) is 79.9 Å². The zero-order valence-corrected chi connectivity index (χ0v) is 19.9. The van der Waals surface area contributed by atoms with Crippen molar-refractivity contribution in [3.05, 3.63) is 70.8 Å². The minimum atomic E-state index is -0.171. The van der Waals surface area contributed by atoms with Crippen LogP contribution in [0.2, 0.25) is 0 Å². The average Bonchev–Trinajstić information content (AvgIpc) is 2.69. The zero-order valence-electron chi connectivity index (χ0n) is 19.9. The third-order valence-electron chi connectivity index (χ3n) is 5.19. The molecule has 30 heavy (non-hydrogen) atoms. The van der Waals surface area contributed by atoms with Crippen molar-refractivity contribution in [3.63, 3.8) is 0 Å². The van der Waals surface area contributed by atoms with E-state index in [0.29, 0.717) is 6.61 Å². The predicted molar refractivity (Wildman–Crippen MR) is 127 cm³/mol. The summed E-state index contributed by atoms with van der Waals surface area (Å²) >= 11 is 0. The number of carbonyl (C=O) groups excluding carboxylic acids is 1. The molecule has 1 aromatic rings. The first-order valence-electron chi connectivity index (χ1n) is 11.3. The van der Waals surface area contributed by atoms with Gasteiger partial charge in [0.25, 0.3) is 0 Å². The fraction of sp³-hybridized carbons (Fsp3) is 0.519. The van der Waals surface area contributed by atoms with Gasteiger partial charge in [0, 0.05) is 5.92 Å². The van der Waals surface area contributed by atoms with Crippen LogP contribution in [-0.4, -0.2) is 18.6 Å². The molecule has 0 amide bonds. The number of benzene rings is 1. The SMILES string of the molecule is CC(C)=CCC/C(C)=C/CC/C(C)=C/C[NH2+][C@H](C(=O)OCc1ccccc1)C(C)C. The van der Waals surface area contributed by atoms with Crippen LogP contribution in [0, 0.1) is 5.92 Å². The molecule has 1 aromatic carbocycles. The van der Waals surface area contributed by atoms with Gasteiger partial charge < -0.3 is 10.1 Å². The van der Waals surface area contributed by atoms with Gasteiger partial charge in [0.1, 0.15) is 6.61 Å². The molecule has 2 N–H and O–H groups in total. The molecule has 0 aromatic heterocycles. The third kappa shape index (κ3) is 11.8. The fourth-order valence-corrected chi connectivity index (χ4v) is 3.22. The molecular formula is C27H42NO2+. The summed E-state index contributed by atoms with van der Waals surface area (Å²) in [6.07, 6.45) is 11.3. The average molecular weight is 413 g/mol. The molecule has 3 heteroatoms. The highest BCUT2D eigenvalue weighted by Crippen LogP contribution is 2.11. The van der Waals surface area contributed by atoms with E-state index in [4.69, 9.17) is 4.74 Å². The first-order valence-corrected chi connectivity index (χ1v) is 11.3. The maximum absolute atomic E-state index is 12.5. The first kappa shape index (κ1) is 25.9. The Morgan fingerprint density at radius 1 is 0.933 bits per heavy atom. The standard InChI is InChI=1S/C27H41NO2/c1-21(2)12-10-13-23(5)14-11-15-24(6)18-19-28-26(22(3)4)27(29)30-20-25-16-8-7-9-17-25/h7-9,12,14,16-18,22,26,28H,10-11,13,15,19-20H2,1-6H3/p+1/b23-14+,24-18+/t26-/m0/s1. The van der Waals surface area contributed by atoms with Gasteiger partial charge in [-0.25, -0.2) is 4.79 Å². The highest BCUT2D eigenvalue weighted by molar-refractivity contribution is 5.74.